The van der Waals surface area contributed by atoms with Gasteiger partial charge in [0, 0.05) is 20.2 Å². The third-order valence-corrected chi connectivity index (χ3v) is 4.45. The van der Waals surface area contributed by atoms with Crippen LogP contribution in [0.15, 0.2) is 0 Å². The van der Waals surface area contributed by atoms with Crippen molar-refractivity contribution in [3.05, 3.63) is 0 Å². The SMILES string of the molecule is COC1(C(=O)N2CC[C@](C(=O)O)(C(F)(F)F)C2)CCC1. The Labute approximate surface area is 113 Å². The van der Waals surface area contributed by atoms with Gasteiger partial charge < -0.3 is 14.7 Å². The standard InChI is InChI=1S/C12H16F3NO4/c1-20-11(3-2-4-11)8(17)16-6-5-10(7-16,9(18)19)12(13,14)15/h2-7H2,1H3,(H,18,19)/t10-/m0/s1. The number of alkyl halides is 3. The van der Waals surface area contributed by atoms with E-state index in [-0.39, 0.29) is 6.54 Å². The van der Waals surface area contributed by atoms with E-state index in [1.54, 1.807) is 0 Å². The first-order chi connectivity index (χ1) is 9.18. The van der Waals surface area contributed by atoms with E-state index in [0.717, 1.165) is 11.3 Å². The van der Waals surface area contributed by atoms with Crippen molar-refractivity contribution in [2.75, 3.05) is 20.2 Å². The number of hydrogen-bond donors (Lipinski definition) is 1. The Bertz CT molecular complexity index is 427. The minimum absolute atomic E-state index is 0.213. The van der Waals surface area contributed by atoms with Crippen LogP contribution in [0.5, 0.6) is 0 Å². The zero-order chi connectivity index (χ0) is 15.2. The number of carbonyl (C=O) groups is 2. The molecule has 114 valence electrons. The van der Waals surface area contributed by atoms with E-state index in [9.17, 15) is 22.8 Å². The first-order valence-electron chi connectivity index (χ1n) is 6.33. The Kier molecular flexibility index (Phi) is 3.48. The molecule has 0 aromatic carbocycles. The number of ether oxygens (including phenoxy) is 1. The molecule has 0 radical (unpaired) electrons. The monoisotopic (exact) mass is 295 g/mol. The number of amides is 1. The summed E-state index contributed by atoms with van der Waals surface area (Å²) in [5.74, 6) is -2.46. The van der Waals surface area contributed by atoms with Crippen molar-refractivity contribution in [3.63, 3.8) is 0 Å². The fourth-order valence-electron chi connectivity index (χ4n) is 2.80. The van der Waals surface area contributed by atoms with Gasteiger partial charge in [0.1, 0.15) is 5.60 Å². The Hall–Kier alpha value is -1.31. The first kappa shape index (κ1) is 15.1. The van der Waals surface area contributed by atoms with Crippen LogP contribution in [0.4, 0.5) is 13.2 Å². The van der Waals surface area contributed by atoms with Gasteiger partial charge in [0.15, 0.2) is 5.41 Å². The molecule has 8 heteroatoms. The molecule has 20 heavy (non-hydrogen) atoms. The number of carbonyl (C=O) groups excluding carboxylic acids is 1. The van der Waals surface area contributed by atoms with Gasteiger partial charge in [0.05, 0.1) is 0 Å². The Morgan fingerprint density at radius 3 is 2.15 bits per heavy atom. The molecular weight excluding hydrogens is 279 g/mol. The molecule has 0 spiro atoms. The molecule has 2 fully saturated rings. The molecular formula is C12H16F3NO4. The van der Waals surface area contributed by atoms with E-state index in [4.69, 9.17) is 9.84 Å². The molecule has 1 heterocycles. The van der Waals surface area contributed by atoms with Gasteiger partial charge in [-0.05, 0) is 25.7 Å². The van der Waals surface area contributed by atoms with E-state index in [1.807, 2.05) is 0 Å². The Balaban J connectivity index is 2.19. The van der Waals surface area contributed by atoms with Gasteiger partial charge in [-0.1, -0.05) is 0 Å². The van der Waals surface area contributed by atoms with Gasteiger partial charge in [0.2, 0.25) is 0 Å². The van der Waals surface area contributed by atoms with Crippen molar-refractivity contribution < 1.29 is 32.6 Å². The maximum absolute atomic E-state index is 13.0. The number of halogens is 3. The van der Waals surface area contributed by atoms with Crippen LogP contribution in [0, 0.1) is 5.41 Å². The fourth-order valence-corrected chi connectivity index (χ4v) is 2.80. The average molecular weight is 295 g/mol. The third kappa shape index (κ3) is 1.97. The molecule has 1 amide bonds. The fraction of sp³-hybridized carbons (Fsp3) is 0.833. The number of aliphatic carboxylic acids is 1. The van der Waals surface area contributed by atoms with Crippen LogP contribution in [0.3, 0.4) is 0 Å². The van der Waals surface area contributed by atoms with Crippen molar-refractivity contribution in [2.24, 2.45) is 5.41 Å². The van der Waals surface area contributed by atoms with E-state index < -0.39 is 42.0 Å². The highest BCUT2D eigenvalue weighted by Crippen LogP contribution is 2.47. The maximum Gasteiger partial charge on any atom is 0.406 e. The highest BCUT2D eigenvalue weighted by atomic mass is 19.4. The number of rotatable bonds is 3. The van der Waals surface area contributed by atoms with Crippen molar-refractivity contribution in [2.45, 2.75) is 37.5 Å². The lowest BCUT2D eigenvalue weighted by Crippen LogP contribution is -2.55. The first-order valence-corrected chi connectivity index (χ1v) is 6.33. The molecule has 5 nitrogen and oxygen atoms in total. The molecule has 0 bridgehead atoms. The van der Waals surface area contributed by atoms with Crippen molar-refractivity contribution in [1.82, 2.24) is 4.90 Å². The number of carboxylic acid groups (broad SMARTS) is 1. The summed E-state index contributed by atoms with van der Waals surface area (Å²) in [5, 5.41) is 8.94. The number of methoxy groups -OCH3 is 1. The Morgan fingerprint density at radius 1 is 1.25 bits per heavy atom. The summed E-state index contributed by atoms with van der Waals surface area (Å²) >= 11 is 0. The van der Waals surface area contributed by atoms with E-state index in [2.05, 4.69) is 0 Å². The van der Waals surface area contributed by atoms with Crippen LogP contribution in [0.2, 0.25) is 0 Å². The average Bonchev–Trinajstić information content (AvgIpc) is 2.73. The van der Waals surface area contributed by atoms with Crippen LogP contribution >= 0.6 is 0 Å². The summed E-state index contributed by atoms with van der Waals surface area (Å²) < 4.78 is 44.2. The quantitative estimate of drug-likeness (QED) is 0.855. The molecule has 1 N–H and O–H groups in total. The molecule has 0 unspecified atom stereocenters. The maximum atomic E-state index is 13.0. The second-order valence-corrected chi connectivity index (χ2v) is 5.41. The van der Waals surface area contributed by atoms with Crippen LogP contribution in [0.25, 0.3) is 0 Å². The molecule has 0 aromatic rings. The minimum atomic E-state index is -4.88. The smallest absolute Gasteiger partial charge is 0.406 e. The number of likely N-dealkylation sites (tertiary alicyclic amines) is 1. The molecule has 0 aromatic heterocycles. The number of carboxylic acids is 1. The van der Waals surface area contributed by atoms with E-state index in [1.165, 1.54) is 7.11 Å². The Morgan fingerprint density at radius 2 is 1.85 bits per heavy atom. The van der Waals surface area contributed by atoms with Gasteiger partial charge in [-0.25, -0.2) is 0 Å². The van der Waals surface area contributed by atoms with E-state index in [0.29, 0.717) is 12.8 Å². The molecule has 1 aliphatic heterocycles. The van der Waals surface area contributed by atoms with Crippen LogP contribution in [-0.4, -0.2) is 53.9 Å². The zero-order valence-corrected chi connectivity index (χ0v) is 11.0. The second kappa shape index (κ2) is 4.61. The molecule has 2 rings (SSSR count). The summed E-state index contributed by atoms with van der Waals surface area (Å²) in [4.78, 5) is 24.3. The van der Waals surface area contributed by atoms with Crippen LogP contribution in [-0.2, 0) is 14.3 Å². The van der Waals surface area contributed by atoms with Gasteiger partial charge >= 0.3 is 12.1 Å². The van der Waals surface area contributed by atoms with Gasteiger partial charge in [-0.3, -0.25) is 9.59 Å². The lowest BCUT2D eigenvalue weighted by Gasteiger charge is -2.41. The third-order valence-electron chi connectivity index (χ3n) is 4.45. The van der Waals surface area contributed by atoms with Crippen molar-refractivity contribution >= 4 is 11.9 Å². The normalized spacial score (nSPS) is 29.1. The van der Waals surface area contributed by atoms with Crippen LogP contribution in [0.1, 0.15) is 25.7 Å². The lowest BCUT2D eigenvalue weighted by molar-refractivity contribution is -0.227. The molecule has 1 atom stereocenters. The molecule has 1 aliphatic carbocycles. The van der Waals surface area contributed by atoms with E-state index >= 15 is 0 Å². The highest BCUT2D eigenvalue weighted by Gasteiger charge is 2.65. The van der Waals surface area contributed by atoms with Gasteiger partial charge in [-0.2, -0.15) is 13.2 Å². The van der Waals surface area contributed by atoms with Gasteiger partial charge in [-0.15, -0.1) is 0 Å². The van der Waals surface area contributed by atoms with Crippen LogP contribution < -0.4 is 0 Å². The lowest BCUT2D eigenvalue weighted by atomic mass is 9.78. The summed E-state index contributed by atoms with van der Waals surface area (Å²) in [7, 11) is 1.35. The second-order valence-electron chi connectivity index (χ2n) is 5.41. The summed E-state index contributed by atoms with van der Waals surface area (Å²) in [5.41, 5.74) is -3.92. The predicted octanol–water partition coefficient (Wildman–Crippen LogP) is 1.42. The number of hydrogen-bond acceptors (Lipinski definition) is 3. The minimum Gasteiger partial charge on any atom is -0.481 e. The summed E-state index contributed by atoms with van der Waals surface area (Å²) in [6, 6.07) is 0. The summed E-state index contributed by atoms with van der Waals surface area (Å²) in [6.07, 6.45) is -3.79. The predicted molar refractivity (Wildman–Crippen MR) is 60.9 cm³/mol. The van der Waals surface area contributed by atoms with Crippen molar-refractivity contribution in [1.29, 1.82) is 0 Å². The highest BCUT2D eigenvalue weighted by molar-refractivity contribution is 5.88. The molecule has 1 saturated heterocycles. The molecule has 2 aliphatic rings. The van der Waals surface area contributed by atoms with Crippen molar-refractivity contribution in [3.8, 4) is 0 Å². The number of nitrogens with zero attached hydrogens (tertiary/aromatic N) is 1. The zero-order valence-electron chi connectivity index (χ0n) is 11.0. The van der Waals surface area contributed by atoms with Gasteiger partial charge in [0.25, 0.3) is 5.91 Å². The largest absolute Gasteiger partial charge is 0.481 e. The summed E-state index contributed by atoms with van der Waals surface area (Å²) in [6.45, 7) is -1.05. The molecule has 1 saturated carbocycles. The topological polar surface area (TPSA) is 66.8 Å².